The smallest absolute Gasteiger partial charge is 0.335 e. The van der Waals surface area contributed by atoms with Gasteiger partial charge in [0.05, 0.1) is 16.0 Å². The van der Waals surface area contributed by atoms with Gasteiger partial charge in [-0.25, -0.2) is 12.4 Å². The Hall–Kier alpha value is -2.85. The van der Waals surface area contributed by atoms with Gasteiger partial charge in [-0.05, 0) is 61.0 Å². The molecular formula is C24H26F3N3O3S. The van der Waals surface area contributed by atoms with Crippen molar-refractivity contribution in [3.05, 3.63) is 65.4 Å². The Balaban J connectivity index is 1.87. The highest BCUT2D eigenvalue weighted by atomic mass is 32.2. The molecule has 2 aromatic carbocycles. The molecule has 3 aromatic rings. The molecule has 1 aliphatic heterocycles. The summed E-state index contributed by atoms with van der Waals surface area (Å²) in [6.07, 6.45) is -4.59. The third-order valence-electron chi connectivity index (χ3n) is 6.18. The van der Waals surface area contributed by atoms with E-state index in [-0.39, 0.29) is 16.5 Å². The second-order valence-corrected chi connectivity index (χ2v) is 10.7. The van der Waals surface area contributed by atoms with Crippen LogP contribution in [-0.2, 0) is 16.2 Å². The monoisotopic (exact) mass is 493 g/mol. The van der Waals surface area contributed by atoms with Crippen LogP contribution in [0, 0.1) is 0 Å². The number of amides is 1. The summed E-state index contributed by atoms with van der Waals surface area (Å²) < 4.78 is 67.3. The molecule has 4 rings (SSSR count). The van der Waals surface area contributed by atoms with Crippen molar-refractivity contribution >= 4 is 26.8 Å². The third-order valence-corrected chi connectivity index (χ3v) is 7.92. The van der Waals surface area contributed by atoms with Gasteiger partial charge in [-0.15, -0.1) is 0 Å². The minimum absolute atomic E-state index is 0.0274. The number of fused-ring (bicyclic) bond motifs is 1. The van der Waals surface area contributed by atoms with Crippen LogP contribution in [0.5, 0.6) is 0 Å². The maximum Gasteiger partial charge on any atom is 0.416 e. The van der Waals surface area contributed by atoms with E-state index in [0.29, 0.717) is 37.1 Å². The lowest BCUT2D eigenvalue weighted by Gasteiger charge is -2.32. The van der Waals surface area contributed by atoms with E-state index < -0.39 is 27.7 Å². The number of alkyl halides is 3. The first-order valence-corrected chi connectivity index (χ1v) is 12.4. The van der Waals surface area contributed by atoms with E-state index in [1.807, 2.05) is 27.0 Å². The fourth-order valence-corrected chi connectivity index (χ4v) is 5.57. The molecule has 0 radical (unpaired) electrons. The second-order valence-electron chi connectivity index (χ2n) is 8.89. The predicted octanol–water partition coefficient (Wildman–Crippen LogP) is 4.41. The number of piperazine rings is 1. The van der Waals surface area contributed by atoms with Crippen LogP contribution in [0.15, 0.2) is 53.4 Å². The summed E-state index contributed by atoms with van der Waals surface area (Å²) in [5.41, 5.74) is 0.316. The summed E-state index contributed by atoms with van der Waals surface area (Å²) in [7, 11) is -2.41. The number of benzene rings is 2. The first kappa shape index (κ1) is 24.3. The lowest BCUT2D eigenvalue weighted by atomic mass is 10.0. The molecule has 0 unspecified atom stereocenters. The highest BCUT2D eigenvalue weighted by molar-refractivity contribution is 7.90. The number of hydrogen-bond acceptors (Lipinski definition) is 4. The number of nitrogens with zero attached hydrogens (tertiary/aromatic N) is 3. The molecule has 1 aromatic heterocycles. The highest BCUT2D eigenvalue weighted by Gasteiger charge is 2.33. The van der Waals surface area contributed by atoms with Gasteiger partial charge in [0.25, 0.3) is 15.9 Å². The number of carbonyl (C=O) groups excluding carboxylic acids is 1. The Morgan fingerprint density at radius 2 is 1.56 bits per heavy atom. The Morgan fingerprint density at radius 3 is 2.12 bits per heavy atom. The standard InChI is InChI=1S/C24H26F3N3O3S/c1-16(2)17-4-9-21-18(14-17)15-22(23(31)29-12-10-28(3)11-13-29)30(21)34(32,33)20-7-5-19(6-8-20)24(25,26)27/h4-9,14-16H,10-13H2,1-3H3. The van der Waals surface area contributed by atoms with Gasteiger partial charge >= 0.3 is 6.18 Å². The minimum Gasteiger partial charge on any atom is -0.335 e. The number of likely N-dealkylation sites (N-methyl/N-ethyl adjacent to an activating group) is 1. The summed E-state index contributed by atoms with van der Waals surface area (Å²) in [5.74, 6) is -0.234. The molecule has 1 fully saturated rings. The molecule has 0 aliphatic carbocycles. The lowest BCUT2D eigenvalue weighted by Crippen LogP contribution is -2.47. The van der Waals surface area contributed by atoms with E-state index >= 15 is 0 Å². The first-order chi connectivity index (χ1) is 15.9. The summed E-state index contributed by atoms with van der Waals surface area (Å²) in [4.78, 5) is 16.8. The zero-order valence-corrected chi connectivity index (χ0v) is 19.9. The molecule has 1 saturated heterocycles. The van der Waals surface area contributed by atoms with Crippen LogP contribution >= 0.6 is 0 Å². The fraction of sp³-hybridized carbons (Fsp3) is 0.375. The van der Waals surface area contributed by atoms with E-state index in [4.69, 9.17) is 0 Å². The lowest BCUT2D eigenvalue weighted by molar-refractivity contribution is -0.137. The molecule has 34 heavy (non-hydrogen) atoms. The Kier molecular flexibility index (Phi) is 6.24. The van der Waals surface area contributed by atoms with Crippen molar-refractivity contribution < 1.29 is 26.4 Å². The zero-order chi connectivity index (χ0) is 24.8. The molecule has 6 nitrogen and oxygen atoms in total. The zero-order valence-electron chi connectivity index (χ0n) is 19.1. The molecule has 182 valence electrons. The van der Waals surface area contributed by atoms with Crippen LogP contribution in [0.3, 0.4) is 0 Å². The normalized spacial score (nSPS) is 15.9. The van der Waals surface area contributed by atoms with Gasteiger partial charge < -0.3 is 9.80 Å². The molecule has 0 spiro atoms. The van der Waals surface area contributed by atoms with Crippen LogP contribution in [-0.4, -0.2) is 61.3 Å². The minimum atomic E-state index is -4.59. The van der Waals surface area contributed by atoms with E-state index in [9.17, 15) is 26.4 Å². The number of hydrogen-bond donors (Lipinski definition) is 0. The molecule has 1 amide bonds. The van der Waals surface area contributed by atoms with Gasteiger partial charge in [0.2, 0.25) is 0 Å². The average molecular weight is 494 g/mol. The maximum atomic E-state index is 13.7. The molecule has 0 atom stereocenters. The van der Waals surface area contributed by atoms with Crippen molar-refractivity contribution in [2.24, 2.45) is 0 Å². The summed E-state index contributed by atoms with van der Waals surface area (Å²) in [6, 6.07) is 10.2. The predicted molar refractivity (Wildman–Crippen MR) is 123 cm³/mol. The Labute approximate surface area is 196 Å². The summed E-state index contributed by atoms with van der Waals surface area (Å²) >= 11 is 0. The number of halogens is 3. The Bertz CT molecular complexity index is 1320. The van der Waals surface area contributed by atoms with Crippen molar-refractivity contribution in [3.8, 4) is 0 Å². The van der Waals surface area contributed by atoms with Gasteiger partial charge in [0, 0.05) is 31.6 Å². The number of aromatic nitrogens is 1. The third kappa shape index (κ3) is 4.44. The fourth-order valence-electron chi connectivity index (χ4n) is 4.07. The van der Waals surface area contributed by atoms with Gasteiger partial charge in [-0.2, -0.15) is 13.2 Å². The van der Waals surface area contributed by atoms with Gasteiger partial charge in [-0.3, -0.25) is 4.79 Å². The van der Waals surface area contributed by atoms with Crippen molar-refractivity contribution in [2.75, 3.05) is 33.2 Å². The molecule has 0 bridgehead atoms. The quantitative estimate of drug-likeness (QED) is 0.540. The Morgan fingerprint density at radius 1 is 0.941 bits per heavy atom. The molecule has 2 heterocycles. The van der Waals surface area contributed by atoms with Crippen molar-refractivity contribution in [1.29, 1.82) is 0 Å². The molecule has 10 heteroatoms. The molecular weight excluding hydrogens is 467 g/mol. The number of rotatable bonds is 4. The van der Waals surface area contributed by atoms with Crippen LogP contribution in [0.25, 0.3) is 10.9 Å². The van der Waals surface area contributed by atoms with Gasteiger partial charge in [0.15, 0.2) is 0 Å². The number of carbonyl (C=O) groups is 1. The van der Waals surface area contributed by atoms with Gasteiger partial charge in [0.1, 0.15) is 5.69 Å². The van der Waals surface area contributed by atoms with E-state index in [0.717, 1.165) is 33.8 Å². The van der Waals surface area contributed by atoms with Crippen LogP contribution in [0.4, 0.5) is 13.2 Å². The maximum absolute atomic E-state index is 13.7. The van der Waals surface area contributed by atoms with Crippen LogP contribution in [0.1, 0.15) is 41.4 Å². The topological polar surface area (TPSA) is 62.6 Å². The highest BCUT2D eigenvalue weighted by Crippen LogP contribution is 2.32. The van der Waals surface area contributed by atoms with Crippen LogP contribution < -0.4 is 0 Å². The summed E-state index contributed by atoms with van der Waals surface area (Å²) in [6.45, 7) is 6.24. The van der Waals surface area contributed by atoms with E-state index in [2.05, 4.69) is 4.90 Å². The molecule has 0 saturated carbocycles. The summed E-state index contributed by atoms with van der Waals surface area (Å²) in [5, 5.41) is 0.583. The first-order valence-electron chi connectivity index (χ1n) is 11.0. The van der Waals surface area contributed by atoms with Crippen molar-refractivity contribution in [2.45, 2.75) is 30.8 Å². The van der Waals surface area contributed by atoms with E-state index in [1.165, 1.54) is 0 Å². The molecule has 1 aliphatic rings. The molecule has 0 N–H and O–H groups in total. The second kappa shape index (κ2) is 8.74. The largest absolute Gasteiger partial charge is 0.416 e. The van der Waals surface area contributed by atoms with Gasteiger partial charge in [-0.1, -0.05) is 19.9 Å². The van der Waals surface area contributed by atoms with E-state index in [1.54, 1.807) is 23.1 Å². The van der Waals surface area contributed by atoms with Crippen molar-refractivity contribution in [1.82, 2.24) is 13.8 Å². The SMILES string of the molecule is CC(C)c1ccc2c(c1)cc(C(=O)N1CCN(C)CC1)n2S(=O)(=O)c1ccc(C(F)(F)F)cc1. The average Bonchev–Trinajstić information content (AvgIpc) is 3.18. The van der Waals surface area contributed by atoms with Crippen molar-refractivity contribution in [3.63, 3.8) is 0 Å². The van der Waals surface area contributed by atoms with Crippen LogP contribution in [0.2, 0.25) is 0 Å².